The number of hydrogen-bond donors (Lipinski definition) is 1. The Hall–Kier alpha value is -1.40. The monoisotopic (exact) mass is 294 g/mol. The molecule has 0 aliphatic carbocycles. The maximum absolute atomic E-state index is 12.4. The molecule has 0 radical (unpaired) electrons. The van der Waals surface area contributed by atoms with Gasteiger partial charge in [0.05, 0.1) is 11.5 Å². The van der Waals surface area contributed by atoms with Crippen LogP contribution in [0.1, 0.15) is 12.0 Å². The fourth-order valence-electron chi connectivity index (χ4n) is 2.92. The summed E-state index contributed by atoms with van der Waals surface area (Å²) in [5.41, 5.74) is 2.15. The Balaban J connectivity index is 1.69. The molecular weight excluding hydrogens is 276 g/mol. The minimum atomic E-state index is -2.99. The van der Waals surface area contributed by atoms with E-state index in [1.165, 1.54) is 5.56 Å². The zero-order chi connectivity index (χ0) is 14.2. The van der Waals surface area contributed by atoms with Crippen molar-refractivity contribution in [3.8, 4) is 0 Å². The number of hydrogen-bond acceptors (Lipinski definition) is 4. The molecular formula is C14H18N2O3S. The maximum atomic E-state index is 12.4. The molecule has 5 nitrogen and oxygen atoms in total. The van der Waals surface area contributed by atoms with Crippen LogP contribution in [0.25, 0.3) is 0 Å². The third kappa shape index (κ3) is 2.71. The number of benzene rings is 1. The average molecular weight is 294 g/mol. The van der Waals surface area contributed by atoms with Gasteiger partial charge in [0.1, 0.15) is 0 Å². The smallest absolute Gasteiger partial charge is 0.228 e. The second kappa shape index (κ2) is 5.18. The summed E-state index contributed by atoms with van der Waals surface area (Å²) in [5.74, 6) is 0.239. The van der Waals surface area contributed by atoms with E-state index in [1.807, 2.05) is 24.3 Å². The molecule has 1 atom stereocenters. The first-order valence-corrected chi connectivity index (χ1v) is 8.69. The van der Waals surface area contributed by atoms with E-state index in [9.17, 15) is 13.2 Å². The van der Waals surface area contributed by atoms with Gasteiger partial charge in [-0.1, -0.05) is 18.2 Å². The molecule has 1 aromatic rings. The SMILES string of the molecule is O=C(CC1CS(=O)(=O)CCN1)N1CCc2ccccc21. The third-order valence-electron chi connectivity index (χ3n) is 3.91. The van der Waals surface area contributed by atoms with Crippen LogP contribution < -0.4 is 10.2 Å². The number of amides is 1. The third-order valence-corrected chi connectivity index (χ3v) is 5.65. The minimum Gasteiger partial charge on any atom is -0.312 e. The van der Waals surface area contributed by atoms with Crippen molar-refractivity contribution < 1.29 is 13.2 Å². The lowest BCUT2D eigenvalue weighted by atomic mass is 10.1. The number of nitrogens with one attached hydrogen (secondary N) is 1. The lowest BCUT2D eigenvalue weighted by molar-refractivity contribution is -0.118. The quantitative estimate of drug-likeness (QED) is 0.855. The standard InChI is InChI=1S/C14H18N2O3S/c17-14(9-12-10-20(18,19)8-6-15-12)16-7-5-11-3-1-2-4-13(11)16/h1-4,12,15H,5-10H2. The molecule has 2 aliphatic rings. The molecule has 1 N–H and O–H groups in total. The van der Waals surface area contributed by atoms with Gasteiger partial charge in [-0.2, -0.15) is 0 Å². The second-order valence-electron chi connectivity index (χ2n) is 5.39. The van der Waals surface area contributed by atoms with Gasteiger partial charge in [0, 0.05) is 31.2 Å². The maximum Gasteiger partial charge on any atom is 0.228 e. The zero-order valence-corrected chi connectivity index (χ0v) is 12.0. The number of carbonyl (C=O) groups excluding carboxylic acids is 1. The first kappa shape index (κ1) is 13.6. The van der Waals surface area contributed by atoms with E-state index in [4.69, 9.17) is 0 Å². The van der Waals surface area contributed by atoms with Crippen molar-refractivity contribution in [3.63, 3.8) is 0 Å². The Kier molecular flexibility index (Phi) is 3.52. The van der Waals surface area contributed by atoms with E-state index in [-0.39, 0.29) is 29.9 Å². The zero-order valence-electron chi connectivity index (χ0n) is 11.2. The van der Waals surface area contributed by atoms with Crippen LogP contribution in [0.3, 0.4) is 0 Å². The van der Waals surface area contributed by atoms with Gasteiger partial charge in [-0.25, -0.2) is 8.42 Å². The number of carbonyl (C=O) groups is 1. The Morgan fingerprint density at radius 1 is 1.35 bits per heavy atom. The molecule has 1 saturated heterocycles. The van der Waals surface area contributed by atoms with Crippen LogP contribution in [-0.4, -0.2) is 45.0 Å². The van der Waals surface area contributed by atoms with E-state index in [1.54, 1.807) is 4.90 Å². The fourth-order valence-corrected chi connectivity index (χ4v) is 4.36. The van der Waals surface area contributed by atoms with E-state index in [0.717, 1.165) is 12.1 Å². The first-order valence-electron chi connectivity index (χ1n) is 6.87. The van der Waals surface area contributed by atoms with E-state index in [0.29, 0.717) is 13.1 Å². The van der Waals surface area contributed by atoms with Gasteiger partial charge in [-0.15, -0.1) is 0 Å². The van der Waals surface area contributed by atoms with Crippen molar-refractivity contribution in [3.05, 3.63) is 29.8 Å². The van der Waals surface area contributed by atoms with Gasteiger partial charge < -0.3 is 10.2 Å². The summed E-state index contributed by atoms with van der Waals surface area (Å²) in [6, 6.07) is 7.63. The number of sulfone groups is 1. The molecule has 3 rings (SSSR count). The molecule has 108 valence electrons. The fraction of sp³-hybridized carbons (Fsp3) is 0.500. The molecule has 2 aliphatic heterocycles. The highest BCUT2D eigenvalue weighted by molar-refractivity contribution is 7.91. The minimum absolute atomic E-state index is 0.00421. The van der Waals surface area contributed by atoms with Crippen LogP contribution in [0.15, 0.2) is 24.3 Å². The molecule has 1 aromatic carbocycles. The number of nitrogens with zero attached hydrogens (tertiary/aromatic N) is 1. The Bertz CT molecular complexity index is 627. The topological polar surface area (TPSA) is 66.5 Å². The number of para-hydroxylation sites is 1. The lowest BCUT2D eigenvalue weighted by Gasteiger charge is -2.25. The van der Waals surface area contributed by atoms with Crippen LogP contribution in [0.5, 0.6) is 0 Å². The normalized spacial score (nSPS) is 24.4. The summed E-state index contributed by atoms with van der Waals surface area (Å²) in [6.45, 7) is 1.13. The highest BCUT2D eigenvalue weighted by Gasteiger charge is 2.30. The predicted octanol–water partition coefficient (Wildman–Crippen LogP) is 0.352. The van der Waals surface area contributed by atoms with Crippen molar-refractivity contribution in [2.45, 2.75) is 18.9 Å². The summed E-state index contributed by atoms with van der Waals surface area (Å²) in [5, 5.41) is 3.13. The van der Waals surface area contributed by atoms with Gasteiger partial charge in [0.2, 0.25) is 5.91 Å². The number of fused-ring (bicyclic) bond motifs is 1. The highest BCUT2D eigenvalue weighted by Crippen LogP contribution is 2.28. The van der Waals surface area contributed by atoms with Crippen molar-refractivity contribution in [1.29, 1.82) is 0 Å². The molecule has 0 saturated carbocycles. The second-order valence-corrected chi connectivity index (χ2v) is 7.62. The van der Waals surface area contributed by atoms with E-state index < -0.39 is 9.84 Å². The summed E-state index contributed by atoms with van der Waals surface area (Å²) in [6.07, 6.45) is 1.12. The average Bonchev–Trinajstić information content (AvgIpc) is 2.81. The van der Waals surface area contributed by atoms with E-state index in [2.05, 4.69) is 5.32 Å². The van der Waals surface area contributed by atoms with Crippen LogP contribution in [0.2, 0.25) is 0 Å². The summed E-state index contributed by atoms with van der Waals surface area (Å²) >= 11 is 0. The molecule has 20 heavy (non-hydrogen) atoms. The van der Waals surface area contributed by atoms with Crippen molar-refractivity contribution in [2.75, 3.05) is 29.5 Å². The van der Waals surface area contributed by atoms with Gasteiger partial charge >= 0.3 is 0 Å². The molecule has 1 fully saturated rings. The number of rotatable bonds is 2. The van der Waals surface area contributed by atoms with Crippen LogP contribution in [0.4, 0.5) is 5.69 Å². The first-order chi connectivity index (χ1) is 9.55. The summed E-state index contributed by atoms with van der Waals surface area (Å²) in [7, 11) is -2.99. The van der Waals surface area contributed by atoms with Gasteiger partial charge in [-0.3, -0.25) is 4.79 Å². The lowest BCUT2D eigenvalue weighted by Crippen LogP contribution is -2.47. The number of anilines is 1. The van der Waals surface area contributed by atoms with Gasteiger partial charge in [0.15, 0.2) is 9.84 Å². The molecule has 2 heterocycles. The molecule has 6 heteroatoms. The molecule has 1 unspecified atom stereocenters. The van der Waals surface area contributed by atoms with Crippen LogP contribution in [-0.2, 0) is 21.1 Å². The van der Waals surface area contributed by atoms with Gasteiger partial charge in [-0.05, 0) is 18.1 Å². The van der Waals surface area contributed by atoms with Crippen molar-refractivity contribution in [1.82, 2.24) is 5.32 Å². The molecule has 0 spiro atoms. The Morgan fingerprint density at radius 2 is 2.15 bits per heavy atom. The predicted molar refractivity (Wildman–Crippen MR) is 77.6 cm³/mol. The summed E-state index contributed by atoms with van der Waals surface area (Å²) in [4.78, 5) is 14.2. The van der Waals surface area contributed by atoms with E-state index >= 15 is 0 Å². The van der Waals surface area contributed by atoms with Crippen LogP contribution >= 0.6 is 0 Å². The largest absolute Gasteiger partial charge is 0.312 e. The van der Waals surface area contributed by atoms with Crippen molar-refractivity contribution >= 4 is 21.4 Å². The Labute approximate surface area is 118 Å². The summed E-state index contributed by atoms with van der Waals surface area (Å²) < 4.78 is 23.2. The molecule has 1 amide bonds. The molecule has 0 aromatic heterocycles. The molecule has 0 bridgehead atoms. The Morgan fingerprint density at radius 3 is 2.95 bits per heavy atom. The highest BCUT2D eigenvalue weighted by atomic mass is 32.2. The van der Waals surface area contributed by atoms with Crippen molar-refractivity contribution in [2.24, 2.45) is 0 Å². The van der Waals surface area contributed by atoms with Gasteiger partial charge in [0.25, 0.3) is 0 Å². The van der Waals surface area contributed by atoms with Crippen LogP contribution in [0, 0.1) is 0 Å².